The van der Waals surface area contributed by atoms with Crippen molar-refractivity contribution in [3.8, 4) is 28.6 Å². The zero-order valence-corrected chi connectivity index (χ0v) is 28.6. The van der Waals surface area contributed by atoms with Gasteiger partial charge in [0.25, 0.3) is 0 Å². The molecule has 0 radical (unpaired) electrons. The molecule has 0 spiro atoms. The van der Waals surface area contributed by atoms with Crippen molar-refractivity contribution in [3.63, 3.8) is 0 Å². The largest absolute Gasteiger partial charge is 2.00 e. The standard InChI is InChI=1S/C41H33N5.Pt/c1-3-29-18-15-19-30(4-2)40(29)45-28-36(31-16-7-5-8-17-31)43-39(45)26-32-27-44(33-20-9-6-10-21-33)41(42-32)46-37-24-13-11-22-34(37)35-23-12-14-25-38(35)46;/h5-16,18-24,27-28H,3-4,26H2,1-2H3;/q-2;+2. The fourth-order valence-electron chi connectivity index (χ4n) is 6.60. The minimum atomic E-state index is 0. The predicted octanol–water partition coefficient (Wildman–Crippen LogP) is 9.14. The summed E-state index contributed by atoms with van der Waals surface area (Å²) in [6.45, 7) is 4.44. The summed E-state index contributed by atoms with van der Waals surface area (Å²) in [6.07, 6.45) is 6.76. The third-order valence-corrected chi connectivity index (χ3v) is 8.77. The number of nitrogens with zero attached hydrogens (tertiary/aromatic N) is 5. The maximum Gasteiger partial charge on any atom is 2.00 e. The predicted molar refractivity (Wildman–Crippen MR) is 186 cm³/mol. The van der Waals surface area contributed by atoms with Gasteiger partial charge in [0.15, 0.2) is 0 Å². The summed E-state index contributed by atoms with van der Waals surface area (Å²) < 4.78 is 6.72. The molecule has 232 valence electrons. The molecule has 0 unspecified atom stereocenters. The van der Waals surface area contributed by atoms with Crippen LogP contribution in [0.1, 0.15) is 36.5 Å². The second-order valence-electron chi connectivity index (χ2n) is 11.5. The molecule has 47 heavy (non-hydrogen) atoms. The van der Waals surface area contributed by atoms with E-state index < -0.39 is 0 Å². The van der Waals surface area contributed by atoms with Crippen LogP contribution in [0.2, 0.25) is 0 Å². The second kappa shape index (κ2) is 13.0. The normalized spacial score (nSPS) is 11.3. The van der Waals surface area contributed by atoms with Gasteiger partial charge >= 0.3 is 21.1 Å². The van der Waals surface area contributed by atoms with E-state index in [0.29, 0.717) is 6.42 Å². The number of fused-ring (bicyclic) bond motifs is 3. The van der Waals surface area contributed by atoms with Gasteiger partial charge in [-0.25, -0.2) is 4.98 Å². The van der Waals surface area contributed by atoms with Crippen molar-refractivity contribution in [2.24, 2.45) is 0 Å². The third kappa shape index (κ3) is 5.45. The number of para-hydroxylation sites is 4. The zero-order valence-electron chi connectivity index (χ0n) is 26.3. The van der Waals surface area contributed by atoms with Gasteiger partial charge < -0.3 is 9.13 Å². The maximum atomic E-state index is 5.37. The van der Waals surface area contributed by atoms with Crippen LogP contribution in [0.5, 0.6) is 0 Å². The molecule has 0 fully saturated rings. The Labute approximate surface area is 289 Å². The summed E-state index contributed by atoms with van der Waals surface area (Å²) in [5.41, 5.74) is 9.80. The summed E-state index contributed by atoms with van der Waals surface area (Å²) >= 11 is 0. The molecule has 0 aliphatic carbocycles. The van der Waals surface area contributed by atoms with E-state index in [1.54, 1.807) is 0 Å². The number of imidazole rings is 2. The van der Waals surface area contributed by atoms with Gasteiger partial charge in [0, 0.05) is 29.5 Å². The molecule has 0 bridgehead atoms. The monoisotopic (exact) mass is 790 g/mol. The maximum absolute atomic E-state index is 5.37. The molecule has 0 aliphatic rings. The Morgan fingerprint density at radius 1 is 0.638 bits per heavy atom. The summed E-state index contributed by atoms with van der Waals surface area (Å²) in [6, 6.07) is 46.7. The molecule has 0 saturated carbocycles. The molecule has 3 heterocycles. The number of hydrogen-bond donors (Lipinski definition) is 0. The molecular weight excluding hydrogens is 758 g/mol. The fraction of sp³-hybridized carbons (Fsp3) is 0.122. The quantitative estimate of drug-likeness (QED) is 0.144. The average Bonchev–Trinajstić information content (AvgIpc) is 3.82. The molecule has 0 atom stereocenters. The number of aromatic nitrogens is 5. The molecule has 8 rings (SSSR count). The van der Waals surface area contributed by atoms with Crippen LogP contribution in [-0.2, 0) is 40.3 Å². The van der Waals surface area contributed by atoms with Crippen LogP contribution in [-0.4, -0.2) is 23.7 Å². The van der Waals surface area contributed by atoms with Crippen molar-refractivity contribution in [2.75, 3.05) is 0 Å². The molecular formula is C41H33N5Pt. The van der Waals surface area contributed by atoms with E-state index in [0.717, 1.165) is 63.7 Å². The van der Waals surface area contributed by atoms with Crippen LogP contribution in [0, 0.1) is 12.1 Å². The Morgan fingerprint density at radius 3 is 2.13 bits per heavy atom. The van der Waals surface area contributed by atoms with E-state index >= 15 is 0 Å². The van der Waals surface area contributed by atoms with Gasteiger partial charge in [0.2, 0.25) is 5.95 Å². The molecule has 0 N–H and O–H groups in total. The molecule has 0 aliphatic heterocycles. The molecule has 5 aromatic carbocycles. The zero-order chi connectivity index (χ0) is 31.0. The summed E-state index contributed by atoms with van der Waals surface area (Å²) in [4.78, 5) is 10.6. The minimum absolute atomic E-state index is 0. The molecule has 3 aromatic heterocycles. The molecule has 0 amide bonds. The van der Waals surface area contributed by atoms with Crippen LogP contribution in [0.3, 0.4) is 0 Å². The third-order valence-electron chi connectivity index (χ3n) is 8.77. The van der Waals surface area contributed by atoms with Crippen molar-refractivity contribution < 1.29 is 21.1 Å². The first-order valence-corrected chi connectivity index (χ1v) is 15.9. The van der Waals surface area contributed by atoms with Crippen molar-refractivity contribution in [1.29, 1.82) is 0 Å². The van der Waals surface area contributed by atoms with Gasteiger partial charge in [-0.3, -0.25) is 9.55 Å². The van der Waals surface area contributed by atoms with Gasteiger partial charge in [0.1, 0.15) is 5.82 Å². The van der Waals surface area contributed by atoms with Gasteiger partial charge in [-0.05, 0) is 53.8 Å². The van der Waals surface area contributed by atoms with Crippen LogP contribution in [0.4, 0.5) is 0 Å². The molecule has 6 heteroatoms. The first-order chi connectivity index (χ1) is 22.7. The Bertz CT molecular complexity index is 2240. The van der Waals surface area contributed by atoms with E-state index in [-0.39, 0.29) is 21.1 Å². The van der Waals surface area contributed by atoms with Gasteiger partial charge in [0.05, 0.1) is 11.4 Å². The van der Waals surface area contributed by atoms with E-state index in [9.17, 15) is 0 Å². The molecule has 8 aromatic rings. The Balaban J connectivity index is 0.00000351. The number of benzene rings is 5. The number of rotatable bonds is 8. The van der Waals surface area contributed by atoms with Crippen LogP contribution >= 0.6 is 0 Å². The van der Waals surface area contributed by atoms with Gasteiger partial charge in [-0.1, -0.05) is 74.0 Å². The average molecular weight is 791 g/mol. The van der Waals surface area contributed by atoms with Crippen molar-refractivity contribution in [2.45, 2.75) is 33.1 Å². The first kappa shape index (κ1) is 30.7. The van der Waals surface area contributed by atoms with E-state index in [4.69, 9.17) is 9.97 Å². The molecule has 0 saturated heterocycles. The van der Waals surface area contributed by atoms with E-state index in [1.165, 1.54) is 22.2 Å². The summed E-state index contributed by atoms with van der Waals surface area (Å²) in [7, 11) is 0. The van der Waals surface area contributed by atoms with Crippen molar-refractivity contribution in [3.05, 3.63) is 162 Å². The Hall–Kier alpha value is -4.99. The van der Waals surface area contributed by atoms with Gasteiger partial charge in [-0.2, -0.15) is 24.3 Å². The number of hydrogen-bond acceptors (Lipinski definition) is 2. The SMILES string of the molecule is CCc1cccc(CC)c1-n1cc(-c2[c-]cccc2)nc1Cc1cn(-c2ccccc2)c(-n2c3[c-]cccc3c3ccccc32)n1.[Pt+2]. The van der Waals surface area contributed by atoms with E-state index in [1.807, 2.05) is 30.3 Å². The topological polar surface area (TPSA) is 40.6 Å². The van der Waals surface area contributed by atoms with E-state index in [2.05, 4.69) is 137 Å². The number of aryl methyl sites for hydroxylation is 2. The minimum Gasteiger partial charge on any atom is -0.312 e. The van der Waals surface area contributed by atoms with Crippen molar-refractivity contribution in [1.82, 2.24) is 23.7 Å². The summed E-state index contributed by atoms with van der Waals surface area (Å²) in [5, 5.41) is 2.34. The van der Waals surface area contributed by atoms with Crippen molar-refractivity contribution >= 4 is 21.8 Å². The van der Waals surface area contributed by atoms with Crippen LogP contribution in [0.25, 0.3) is 50.4 Å². The fourth-order valence-corrected chi connectivity index (χ4v) is 6.60. The first-order valence-electron chi connectivity index (χ1n) is 15.9. The van der Waals surface area contributed by atoms with Gasteiger partial charge in [-0.15, -0.1) is 41.3 Å². The Kier molecular flexibility index (Phi) is 8.49. The Morgan fingerprint density at radius 2 is 1.36 bits per heavy atom. The second-order valence-corrected chi connectivity index (χ2v) is 11.5. The van der Waals surface area contributed by atoms with Crippen LogP contribution in [0.15, 0.2) is 128 Å². The smallest absolute Gasteiger partial charge is 0.312 e. The summed E-state index contributed by atoms with van der Waals surface area (Å²) in [5.74, 6) is 1.77. The molecule has 5 nitrogen and oxygen atoms in total. The van der Waals surface area contributed by atoms with Crippen LogP contribution < -0.4 is 0 Å².